The second-order valence-corrected chi connectivity index (χ2v) is 5.33. The molecule has 1 heterocycles. The average Bonchev–Trinajstić information content (AvgIpc) is 2.97. The van der Waals surface area contributed by atoms with Gasteiger partial charge in [0, 0.05) is 0 Å². The van der Waals surface area contributed by atoms with E-state index in [1.165, 1.54) is 0 Å². The first-order valence-electron chi connectivity index (χ1n) is 7.54. The van der Waals surface area contributed by atoms with E-state index in [-0.39, 0.29) is 11.9 Å². The van der Waals surface area contributed by atoms with Crippen molar-refractivity contribution >= 4 is 16.9 Å². The molecule has 4 heteroatoms. The molecule has 0 fully saturated rings. The number of carbonyl (C=O) groups excluding carboxylic acids is 1. The molecule has 0 saturated carbocycles. The fourth-order valence-electron chi connectivity index (χ4n) is 2.53. The van der Waals surface area contributed by atoms with E-state index in [9.17, 15) is 4.79 Å². The van der Waals surface area contributed by atoms with Crippen LogP contribution in [0.25, 0.3) is 11.0 Å². The summed E-state index contributed by atoms with van der Waals surface area (Å²) in [5.41, 5.74) is 2.93. The molecule has 2 aromatic carbocycles. The third-order valence-corrected chi connectivity index (χ3v) is 3.69. The highest BCUT2D eigenvalue weighted by Gasteiger charge is 2.16. The van der Waals surface area contributed by atoms with Gasteiger partial charge < -0.3 is 10.3 Å². The molecule has 22 heavy (non-hydrogen) atoms. The molecule has 112 valence electrons. The van der Waals surface area contributed by atoms with E-state index < -0.39 is 0 Å². The number of aromatic amines is 1. The van der Waals surface area contributed by atoms with Crippen molar-refractivity contribution in [3.05, 3.63) is 66.0 Å². The fourth-order valence-corrected chi connectivity index (χ4v) is 2.53. The van der Waals surface area contributed by atoms with E-state index >= 15 is 0 Å². The van der Waals surface area contributed by atoms with Gasteiger partial charge in [0.2, 0.25) is 5.91 Å². The van der Waals surface area contributed by atoms with Gasteiger partial charge in [-0.25, -0.2) is 4.98 Å². The Morgan fingerprint density at radius 3 is 2.59 bits per heavy atom. The lowest BCUT2D eigenvalue weighted by molar-refractivity contribution is -0.121. The third kappa shape index (κ3) is 3.17. The molecular formula is C18H19N3O. The lowest BCUT2D eigenvalue weighted by Gasteiger charge is -2.14. The van der Waals surface area contributed by atoms with E-state index in [1.807, 2.05) is 61.5 Å². The Labute approximate surface area is 129 Å². The van der Waals surface area contributed by atoms with Crippen molar-refractivity contribution in [2.45, 2.75) is 25.8 Å². The summed E-state index contributed by atoms with van der Waals surface area (Å²) in [5.74, 6) is 0.823. The normalized spacial score (nSPS) is 12.2. The summed E-state index contributed by atoms with van der Waals surface area (Å²) in [7, 11) is 0. The van der Waals surface area contributed by atoms with Gasteiger partial charge in [-0.2, -0.15) is 0 Å². The van der Waals surface area contributed by atoms with Crippen LogP contribution < -0.4 is 5.32 Å². The molecule has 0 unspecified atom stereocenters. The van der Waals surface area contributed by atoms with Crippen molar-refractivity contribution in [2.75, 3.05) is 0 Å². The Bertz CT molecular complexity index is 731. The predicted molar refractivity (Wildman–Crippen MR) is 87.4 cm³/mol. The number of aromatic nitrogens is 2. The van der Waals surface area contributed by atoms with Crippen LogP contribution in [-0.4, -0.2) is 15.9 Å². The molecule has 0 saturated heterocycles. The average molecular weight is 293 g/mol. The summed E-state index contributed by atoms with van der Waals surface area (Å²) in [6.07, 6.45) is 1.18. The second-order valence-electron chi connectivity index (χ2n) is 5.33. The largest absolute Gasteiger partial charge is 0.346 e. The quantitative estimate of drug-likeness (QED) is 0.757. The van der Waals surface area contributed by atoms with Crippen LogP contribution in [0.4, 0.5) is 0 Å². The monoisotopic (exact) mass is 293 g/mol. The van der Waals surface area contributed by atoms with Crippen molar-refractivity contribution in [1.82, 2.24) is 15.3 Å². The summed E-state index contributed by atoms with van der Waals surface area (Å²) in [6, 6.07) is 17.6. The highest BCUT2D eigenvalue weighted by Crippen LogP contribution is 2.18. The number of imidazole rings is 1. The van der Waals surface area contributed by atoms with Gasteiger partial charge in [-0.05, 0) is 24.1 Å². The smallest absolute Gasteiger partial charge is 0.225 e. The maximum atomic E-state index is 12.2. The van der Waals surface area contributed by atoms with Crippen molar-refractivity contribution in [2.24, 2.45) is 0 Å². The number of nitrogens with zero attached hydrogens (tertiary/aromatic N) is 1. The molecule has 3 rings (SSSR count). The van der Waals surface area contributed by atoms with Crippen LogP contribution in [0.5, 0.6) is 0 Å². The van der Waals surface area contributed by atoms with Gasteiger partial charge >= 0.3 is 0 Å². The third-order valence-electron chi connectivity index (χ3n) is 3.69. The number of H-pyrrole nitrogens is 1. The Morgan fingerprint density at radius 1 is 1.14 bits per heavy atom. The van der Waals surface area contributed by atoms with Crippen LogP contribution in [0.3, 0.4) is 0 Å². The molecular weight excluding hydrogens is 274 g/mol. The zero-order valence-electron chi connectivity index (χ0n) is 12.5. The molecule has 0 spiro atoms. The highest BCUT2D eigenvalue weighted by molar-refractivity contribution is 5.79. The zero-order valence-corrected chi connectivity index (χ0v) is 12.5. The summed E-state index contributed by atoms with van der Waals surface area (Å²) in [4.78, 5) is 20.1. The summed E-state index contributed by atoms with van der Waals surface area (Å²) >= 11 is 0. The molecule has 1 atom stereocenters. The van der Waals surface area contributed by atoms with Gasteiger partial charge in [0.15, 0.2) is 0 Å². The first kappa shape index (κ1) is 14.3. The molecule has 2 N–H and O–H groups in total. The second kappa shape index (κ2) is 6.43. The summed E-state index contributed by atoms with van der Waals surface area (Å²) in [6.45, 7) is 2.04. The summed E-state index contributed by atoms with van der Waals surface area (Å²) < 4.78 is 0. The Hall–Kier alpha value is -2.62. The molecule has 0 radical (unpaired) electrons. The number of rotatable bonds is 5. The number of hydrogen-bond donors (Lipinski definition) is 2. The van der Waals surface area contributed by atoms with E-state index in [0.717, 1.165) is 28.8 Å². The Kier molecular flexibility index (Phi) is 4.19. The first-order chi connectivity index (χ1) is 10.8. The topological polar surface area (TPSA) is 57.8 Å². The van der Waals surface area contributed by atoms with E-state index in [0.29, 0.717) is 6.42 Å². The number of carbonyl (C=O) groups is 1. The number of amides is 1. The van der Waals surface area contributed by atoms with E-state index in [4.69, 9.17) is 0 Å². The molecule has 0 aliphatic heterocycles. The maximum absolute atomic E-state index is 12.2. The molecule has 1 aromatic heterocycles. The van der Waals surface area contributed by atoms with Crippen LogP contribution in [-0.2, 0) is 11.2 Å². The van der Waals surface area contributed by atoms with Gasteiger partial charge in [-0.15, -0.1) is 0 Å². The van der Waals surface area contributed by atoms with Crippen molar-refractivity contribution in [1.29, 1.82) is 0 Å². The highest BCUT2D eigenvalue weighted by atomic mass is 16.1. The minimum absolute atomic E-state index is 0.0125. The number of benzene rings is 2. The lowest BCUT2D eigenvalue weighted by Crippen LogP contribution is -2.30. The predicted octanol–water partition coefficient (Wildman–Crippen LogP) is 3.37. The number of para-hydroxylation sites is 2. The molecule has 1 amide bonds. The Morgan fingerprint density at radius 2 is 1.86 bits per heavy atom. The van der Waals surface area contributed by atoms with Gasteiger partial charge in [-0.3, -0.25) is 4.79 Å². The standard InChI is InChI=1S/C18H19N3O/c1-2-14(18-20-15-10-6-7-11-16(15)21-18)19-17(22)12-13-8-4-3-5-9-13/h3-11,14H,2,12H2,1H3,(H,19,22)(H,20,21)/t14-/m1/s1. The number of nitrogens with one attached hydrogen (secondary N) is 2. The Balaban J connectivity index is 1.72. The molecule has 0 bridgehead atoms. The van der Waals surface area contributed by atoms with E-state index in [2.05, 4.69) is 15.3 Å². The van der Waals surface area contributed by atoms with Crippen LogP contribution in [0.15, 0.2) is 54.6 Å². The molecule has 0 aliphatic carbocycles. The van der Waals surface area contributed by atoms with Crippen LogP contribution in [0, 0.1) is 0 Å². The molecule has 3 aromatic rings. The SMILES string of the molecule is CC[C@@H](NC(=O)Cc1ccccc1)c1nc2ccccc2[nH]1. The minimum atomic E-state index is -0.0939. The van der Waals surface area contributed by atoms with Crippen molar-refractivity contribution in [3.63, 3.8) is 0 Å². The number of hydrogen-bond acceptors (Lipinski definition) is 2. The van der Waals surface area contributed by atoms with Crippen LogP contribution in [0.2, 0.25) is 0 Å². The van der Waals surface area contributed by atoms with Gasteiger partial charge in [0.05, 0.1) is 23.5 Å². The minimum Gasteiger partial charge on any atom is -0.346 e. The van der Waals surface area contributed by atoms with Crippen molar-refractivity contribution < 1.29 is 4.79 Å². The summed E-state index contributed by atoms with van der Waals surface area (Å²) in [5, 5.41) is 3.06. The first-order valence-corrected chi connectivity index (χ1v) is 7.54. The van der Waals surface area contributed by atoms with Crippen LogP contribution >= 0.6 is 0 Å². The van der Waals surface area contributed by atoms with E-state index in [1.54, 1.807) is 0 Å². The van der Waals surface area contributed by atoms with Crippen LogP contribution in [0.1, 0.15) is 30.8 Å². The fraction of sp³-hybridized carbons (Fsp3) is 0.222. The van der Waals surface area contributed by atoms with Crippen molar-refractivity contribution in [3.8, 4) is 0 Å². The van der Waals surface area contributed by atoms with Gasteiger partial charge in [0.1, 0.15) is 5.82 Å². The molecule has 0 aliphatic rings. The molecule has 4 nitrogen and oxygen atoms in total. The van der Waals surface area contributed by atoms with Gasteiger partial charge in [-0.1, -0.05) is 49.4 Å². The lowest BCUT2D eigenvalue weighted by atomic mass is 10.1. The van der Waals surface area contributed by atoms with Gasteiger partial charge in [0.25, 0.3) is 0 Å². The maximum Gasteiger partial charge on any atom is 0.225 e. The number of fused-ring (bicyclic) bond motifs is 1. The zero-order chi connectivity index (χ0) is 15.4.